The molecule has 0 aliphatic rings. The maximum Gasteiger partial charge on any atom is 0.326 e. The summed E-state index contributed by atoms with van der Waals surface area (Å²) in [6.45, 7) is 3.11. The molecule has 0 radical (unpaired) electrons. The molecule has 1 aromatic heterocycles. The third-order valence-electron chi connectivity index (χ3n) is 4.97. The van der Waals surface area contributed by atoms with Crippen LogP contribution in [0.4, 0.5) is 0 Å². The highest BCUT2D eigenvalue weighted by Gasteiger charge is 2.27. The average Bonchev–Trinajstić information content (AvgIpc) is 3.29. The molecule has 1 heterocycles. The summed E-state index contributed by atoms with van der Waals surface area (Å²) in [5.41, 5.74) is 7.22. The Morgan fingerprint density at radius 3 is 2.30 bits per heavy atom. The largest absolute Gasteiger partial charge is 0.480 e. The van der Waals surface area contributed by atoms with Gasteiger partial charge in [-0.2, -0.15) is 0 Å². The molecule has 3 atom stereocenters. The van der Waals surface area contributed by atoms with E-state index in [9.17, 15) is 24.3 Å². The van der Waals surface area contributed by atoms with Gasteiger partial charge in [0.2, 0.25) is 17.7 Å². The zero-order chi connectivity index (χ0) is 24.4. The number of carbonyl (C=O) groups is 4. The summed E-state index contributed by atoms with van der Waals surface area (Å²) in [6.07, 6.45) is 3.16. The smallest absolute Gasteiger partial charge is 0.326 e. The molecule has 0 fully saturated rings. The number of aliphatic carboxylic acids is 1. The van der Waals surface area contributed by atoms with Crippen molar-refractivity contribution >= 4 is 23.7 Å². The first-order valence-corrected chi connectivity index (χ1v) is 10.5. The topological polar surface area (TPSA) is 179 Å². The summed E-state index contributed by atoms with van der Waals surface area (Å²) in [6, 6.07) is 5.91. The van der Waals surface area contributed by atoms with Crippen LogP contribution < -0.4 is 21.7 Å². The highest BCUT2D eigenvalue weighted by atomic mass is 16.4. The van der Waals surface area contributed by atoms with Gasteiger partial charge in [-0.05, 0) is 11.5 Å². The molecule has 7 N–H and O–H groups in total. The summed E-state index contributed by atoms with van der Waals surface area (Å²) < 4.78 is 0. The van der Waals surface area contributed by atoms with Gasteiger partial charge in [-0.15, -0.1) is 0 Å². The first kappa shape index (κ1) is 25.5. The Balaban J connectivity index is 1.96. The number of imidazole rings is 1. The van der Waals surface area contributed by atoms with E-state index >= 15 is 0 Å². The molecule has 3 unspecified atom stereocenters. The third kappa shape index (κ3) is 8.37. The van der Waals surface area contributed by atoms with Crippen molar-refractivity contribution in [2.24, 2.45) is 11.7 Å². The van der Waals surface area contributed by atoms with Crippen LogP contribution in [0.15, 0.2) is 42.9 Å². The summed E-state index contributed by atoms with van der Waals surface area (Å²) in [5.74, 6) is -3.10. The molecule has 0 aliphatic heterocycles. The monoisotopic (exact) mass is 458 g/mol. The Morgan fingerprint density at radius 1 is 1.03 bits per heavy atom. The number of benzene rings is 1. The minimum Gasteiger partial charge on any atom is -0.480 e. The second kappa shape index (κ2) is 12.3. The number of nitrogens with two attached hydrogens (primary N) is 1. The van der Waals surface area contributed by atoms with E-state index < -0.39 is 48.4 Å². The van der Waals surface area contributed by atoms with Gasteiger partial charge in [0.15, 0.2) is 0 Å². The van der Waals surface area contributed by atoms with Gasteiger partial charge in [-0.25, -0.2) is 9.78 Å². The predicted octanol–water partition coefficient (Wildman–Crippen LogP) is -0.651. The fraction of sp³-hybridized carbons (Fsp3) is 0.409. The molecular formula is C22H30N6O5. The van der Waals surface area contributed by atoms with Crippen LogP contribution in [0.5, 0.6) is 0 Å². The summed E-state index contributed by atoms with van der Waals surface area (Å²) in [4.78, 5) is 55.7. The zero-order valence-corrected chi connectivity index (χ0v) is 18.6. The van der Waals surface area contributed by atoms with Crippen LogP contribution in [-0.2, 0) is 32.0 Å². The van der Waals surface area contributed by atoms with E-state index in [0.29, 0.717) is 5.69 Å². The Bertz CT molecular complexity index is 932. The molecule has 0 bridgehead atoms. The van der Waals surface area contributed by atoms with Gasteiger partial charge >= 0.3 is 5.97 Å². The molecule has 0 aliphatic carbocycles. The average molecular weight is 459 g/mol. The minimum absolute atomic E-state index is 0.0987. The van der Waals surface area contributed by atoms with Crippen LogP contribution in [-0.4, -0.2) is 63.4 Å². The van der Waals surface area contributed by atoms with Gasteiger partial charge in [0.25, 0.3) is 0 Å². The maximum atomic E-state index is 12.7. The SMILES string of the molecule is CC(C)C(N)C(=O)NC(Cc1cnc[nH]1)C(=O)NCC(=O)NC(Cc1ccccc1)C(=O)O. The lowest BCUT2D eigenvalue weighted by molar-refractivity contribution is -0.141. The number of hydrogen-bond acceptors (Lipinski definition) is 6. The van der Waals surface area contributed by atoms with Gasteiger partial charge < -0.3 is 31.8 Å². The highest BCUT2D eigenvalue weighted by molar-refractivity contribution is 5.92. The second-order valence-corrected chi connectivity index (χ2v) is 7.98. The molecule has 11 nitrogen and oxygen atoms in total. The number of amides is 3. The third-order valence-corrected chi connectivity index (χ3v) is 4.97. The Hall–Kier alpha value is -3.73. The van der Waals surface area contributed by atoms with E-state index in [-0.39, 0.29) is 18.8 Å². The van der Waals surface area contributed by atoms with Crippen molar-refractivity contribution in [1.82, 2.24) is 25.9 Å². The lowest BCUT2D eigenvalue weighted by Gasteiger charge is -2.22. The van der Waals surface area contributed by atoms with E-state index in [1.54, 1.807) is 44.2 Å². The molecule has 1 aromatic carbocycles. The Morgan fingerprint density at radius 2 is 1.73 bits per heavy atom. The van der Waals surface area contributed by atoms with Crippen molar-refractivity contribution < 1.29 is 24.3 Å². The first-order chi connectivity index (χ1) is 15.7. The van der Waals surface area contributed by atoms with Crippen molar-refractivity contribution in [2.75, 3.05) is 6.54 Å². The Kier molecular flexibility index (Phi) is 9.55. The van der Waals surface area contributed by atoms with E-state index in [2.05, 4.69) is 25.9 Å². The molecule has 0 saturated carbocycles. The van der Waals surface area contributed by atoms with Crippen molar-refractivity contribution in [3.63, 3.8) is 0 Å². The number of hydrogen-bond donors (Lipinski definition) is 6. The maximum absolute atomic E-state index is 12.7. The molecule has 178 valence electrons. The van der Waals surface area contributed by atoms with Crippen LogP contribution in [0.25, 0.3) is 0 Å². The summed E-state index contributed by atoms with van der Waals surface area (Å²) in [5, 5.41) is 16.9. The van der Waals surface area contributed by atoms with Crippen molar-refractivity contribution in [2.45, 2.75) is 44.8 Å². The highest BCUT2D eigenvalue weighted by Crippen LogP contribution is 2.04. The van der Waals surface area contributed by atoms with E-state index in [0.717, 1.165) is 5.56 Å². The molecular weight excluding hydrogens is 428 g/mol. The van der Waals surface area contributed by atoms with Crippen LogP contribution in [0.3, 0.4) is 0 Å². The van der Waals surface area contributed by atoms with Crippen molar-refractivity contribution in [3.8, 4) is 0 Å². The standard InChI is InChI=1S/C22H30N6O5/c1-13(2)19(23)21(31)28-16(9-15-10-24-12-26-15)20(30)25-11-18(29)27-17(22(32)33)8-14-6-4-3-5-7-14/h3-7,10,12-13,16-17,19H,8-9,11,23H2,1-2H3,(H,24,26)(H,25,30)(H,27,29)(H,28,31)(H,32,33). The van der Waals surface area contributed by atoms with Gasteiger partial charge in [0.05, 0.1) is 18.9 Å². The molecule has 2 aromatic rings. The van der Waals surface area contributed by atoms with Gasteiger partial charge in [0.1, 0.15) is 12.1 Å². The van der Waals surface area contributed by atoms with Crippen molar-refractivity contribution in [1.29, 1.82) is 0 Å². The number of nitrogens with one attached hydrogen (secondary N) is 4. The Labute approximate surface area is 191 Å². The lowest BCUT2D eigenvalue weighted by Crippen LogP contribution is -2.55. The quantitative estimate of drug-likeness (QED) is 0.244. The number of aromatic amines is 1. The van der Waals surface area contributed by atoms with Crippen LogP contribution >= 0.6 is 0 Å². The summed E-state index contributed by atoms with van der Waals surface area (Å²) >= 11 is 0. The fourth-order valence-electron chi connectivity index (χ4n) is 2.98. The number of rotatable bonds is 12. The van der Waals surface area contributed by atoms with Gasteiger partial charge in [-0.3, -0.25) is 14.4 Å². The molecule has 0 spiro atoms. The molecule has 0 saturated heterocycles. The van der Waals surface area contributed by atoms with Crippen LogP contribution in [0.2, 0.25) is 0 Å². The first-order valence-electron chi connectivity index (χ1n) is 10.5. The number of carbonyl (C=O) groups excluding carboxylic acids is 3. The number of aromatic nitrogens is 2. The van der Waals surface area contributed by atoms with E-state index in [4.69, 9.17) is 5.73 Å². The van der Waals surface area contributed by atoms with Crippen molar-refractivity contribution in [3.05, 3.63) is 54.1 Å². The predicted molar refractivity (Wildman–Crippen MR) is 120 cm³/mol. The summed E-state index contributed by atoms with van der Waals surface area (Å²) in [7, 11) is 0. The van der Waals surface area contributed by atoms with E-state index in [1.165, 1.54) is 12.5 Å². The number of H-pyrrole nitrogens is 1. The number of carboxylic acids is 1. The van der Waals surface area contributed by atoms with Crippen LogP contribution in [0.1, 0.15) is 25.1 Å². The molecule has 33 heavy (non-hydrogen) atoms. The fourth-order valence-corrected chi connectivity index (χ4v) is 2.98. The van der Waals surface area contributed by atoms with Crippen LogP contribution in [0, 0.1) is 5.92 Å². The van der Waals surface area contributed by atoms with Gasteiger partial charge in [-0.1, -0.05) is 44.2 Å². The number of carboxylic acid groups (broad SMARTS) is 1. The molecule has 2 rings (SSSR count). The zero-order valence-electron chi connectivity index (χ0n) is 18.6. The normalized spacial score (nSPS) is 13.6. The lowest BCUT2D eigenvalue weighted by atomic mass is 10.0. The molecule has 3 amide bonds. The number of nitrogens with zero attached hydrogens (tertiary/aromatic N) is 1. The molecule has 11 heteroatoms. The van der Waals surface area contributed by atoms with E-state index in [1.807, 2.05) is 0 Å². The minimum atomic E-state index is -1.19. The van der Waals surface area contributed by atoms with Gasteiger partial charge in [0, 0.05) is 24.7 Å². The second-order valence-electron chi connectivity index (χ2n) is 7.98.